The number of thiocarbonyl (C=S) groups is 1. The molecular formula is C29H30N4O4S. The summed E-state index contributed by atoms with van der Waals surface area (Å²) in [6.07, 6.45) is 1.64. The molecule has 2 saturated heterocycles. The number of ether oxygens (including phenoxy) is 2. The zero-order valence-corrected chi connectivity index (χ0v) is 22.5. The van der Waals surface area contributed by atoms with Crippen molar-refractivity contribution in [3.05, 3.63) is 77.1 Å². The summed E-state index contributed by atoms with van der Waals surface area (Å²) in [7, 11) is 0. The van der Waals surface area contributed by atoms with Crippen LogP contribution < -0.4 is 19.9 Å². The maximum Gasteiger partial charge on any atom is 0.270 e. The molecule has 1 aromatic heterocycles. The van der Waals surface area contributed by atoms with E-state index >= 15 is 0 Å². The minimum Gasteiger partial charge on any atom is -0.494 e. The van der Waals surface area contributed by atoms with Gasteiger partial charge in [0.2, 0.25) is 0 Å². The van der Waals surface area contributed by atoms with Gasteiger partial charge in [-0.1, -0.05) is 6.07 Å². The van der Waals surface area contributed by atoms with Crippen LogP contribution in [0.3, 0.4) is 0 Å². The fourth-order valence-corrected chi connectivity index (χ4v) is 5.17. The van der Waals surface area contributed by atoms with Gasteiger partial charge < -0.3 is 18.9 Å². The van der Waals surface area contributed by atoms with Crippen molar-refractivity contribution in [3.63, 3.8) is 0 Å². The van der Waals surface area contributed by atoms with Gasteiger partial charge in [0.15, 0.2) is 5.11 Å². The van der Waals surface area contributed by atoms with Crippen molar-refractivity contribution in [2.24, 2.45) is 0 Å². The summed E-state index contributed by atoms with van der Waals surface area (Å²) in [5, 5.41) is 2.70. The van der Waals surface area contributed by atoms with Crippen LogP contribution in [0.1, 0.15) is 23.9 Å². The van der Waals surface area contributed by atoms with Crippen LogP contribution in [-0.4, -0.2) is 54.4 Å². The molecule has 2 amide bonds. The van der Waals surface area contributed by atoms with Gasteiger partial charge in [-0.05, 0) is 87.1 Å². The van der Waals surface area contributed by atoms with Crippen molar-refractivity contribution in [2.45, 2.75) is 20.8 Å². The lowest BCUT2D eigenvalue weighted by atomic mass is 10.1. The minimum atomic E-state index is -0.517. The number of carbonyl (C=O) groups is 2. The summed E-state index contributed by atoms with van der Waals surface area (Å²) in [5.74, 6) is -0.379. The highest BCUT2D eigenvalue weighted by molar-refractivity contribution is 7.80. The third-order valence-corrected chi connectivity index (χ3v) is 7.03. The number of aromatic nitrogens is 1. The number of nitrogens with one attached hydrogen (secondary N) is 1. The highest BCUT2D eigenvalue weighted by atomic mass is 32.1. The van der Waals surface area contributed by atoms with Crippen LogP contribution in [0.15, 0.2) is 60.2 Å². The number of amides is 2. The Morgan fingerprint density at radius 2 is 1.71 bits per heavy atom. The maximum absolute atomic E-state index is 13.5. The van der Waals surface area contributed by atoms with E-state index in [-0.39, 0.29) is 10.7 Å². The summed E-state index contributed by atoms with van der Waals surface area (Å²) in [4.78, 5) is 30.0. The molecule has 0 aliphatic carbocycles. The molecule has 2 aromatic carbocycles. The van der Waals surface area contributed by atoms with E-state index in [0.29, 0.717) is 18.0 Å². The second kappa shape index (κ2) is 10.8. The standard InChI is InChI=1S/C29H30N4O4S/c1-4-37-25-7-5-6-24(18-25)33-28(35)26(27(34)30-29(33)38)17-21-16-19(2)32(20(21)3)23-10-8-22(9-11-23)31-12-14-36-15-13-31/h5-11,16-18H,4,12-15H2,1-3H3,(H,30,34,38)/b26-17+. The van der Waals surface area contributed by atoms with Gasteiger partial charge in [0.1, 0.15) is 11.3 Å². The number of hydrogen-bond donors (Lipinski definition) is 1. The Labute approximate surface area is 227 Å². The molecule has 0 atom stereocenters. The lowest BCUT2D eigenvalue weighted by molar-refractivity contribution is -0.122. The van der Waals surface area contributed by atoms with E-state index in [1.807, 2.05) is 32.9 Å². The first-order valence-electron chi connectivity index (χ1n) is 12.6. The van der Waals surface area contributed by atoms with Gasteiger partial charge in [0.05, 0.1) is 25.5 Å². The van der Waals surface area contributed by atoms with E-state index in [0.717, 1.165) is 54.6 Å². The molecular weight excluding hydrogens is 500 g/mol. The summed E-state index contributed by atoms with van der Waals surface area (Å²) in [6.45, 7) is 9.61. The Bertz CT molecular complexity index is 1420. The van der Waals surface area contributed by atoms with E-state index in [9.17, 15) is 9.59 Å². The normalized spacial score (nSPS) is 17.2. The van der Waals surface area contributed by atoms with Gasteiger partial charge >= 0.3 is 0 Å². The fourth-order valence-electron chi connectivity index (χ4n) is 4.89. The van der Waals surface area contributed by atoms with E-state index in [4.69, 9.17) is 21.7 Å². The lowest BCUT2D eigenvalue weighted by Gasteiger charge is -2.29. The van der Waals surface area contributed by atoms with Gasteiger partial charge in [0.25, 0.3) is 11.8 Å². The quantitative estimate of drug-likeness (QED) is 0.293. The number of carbonyl (C=O) groups excluding carboxylic acids is 2. The molecule has 5 rings (SSSR count). The Kier molecular flexibility index (Phi) is 7.31. The molecule has 0 saturated carbocycles. The highest BCUT2D eigenvalue weighted by Crippen LogP contribution is 2.28. The molecule has 1 N–H and O–H groups in total. The van der Waals surface area contributed by atoms with Gasteiger partial charge in [-0.15, -0.1) is 0 Å². The molecule has 196 valence electrons. The van der Waals surface area contributed by atoms with Crippen LogP contribution in [-0.2, 0) is 14.3 Å². The van der Waals surface area contributed by atoms with Gasteiger partial charge in [-0.25, -0.2) is 0 Å². The predicted molar refractivity (Wildman–Crippen MR) is 152 cm³/mol. The molecule has 0 bridgehead atoms. The molecule has 2 aliphatic rings. The predicted octanol–water partition coefficient (Wildman–Crippen LogP) is 4.16. The number of aryl methyl sites for hydroxylation is 1. The number of rotatable bonds is 6. The minimum absolute atomic E-state index is 0.0170. The van der Waals surface area contributed by atoms with E-state index in [1.54, 1.807) is 24.3 Å². The summed E-state index contributed by atoms with van der Waals surface area (Å²) in [6, 6.07) is 17.5. The Hall–Kier alpha value is -3.95. The summed E-state index contributed by atoms with van der Waals surface area (Å²) < 4.78 is 13.2. The zero-order chi connectivity index (χ0) is 26.8. The Morgan fingerprint density at radius 3 is 2.42 bits per heavy atom. The van der Waals surface area contributed by atoms with Crippen LogP contribution in [0.25, 0.3) is 11.8 Å². The molecule has 0 spiro atoms. The molecule has 2 fully saturated rings. The number of hydrogen-bond acceptors (Lipinski definition) is 6. The molecule has 3 heterocycles. The third kappa shape index (κ3) is 4.94. The molecule has 3 aromatic rings. The van der Waals surface area contributed by atoms with Crippen molar-refractivity contribution in [3.8, 4) is 11.4 Å². The Morgan fingerprint density at radius 1 is 1.00 bits per heavy atom. The average molecular weight is 531 g/mol. The second-order valence-corrected chi connectivity index (χ2v) is 9.55. The zero-order valence-electron chi connectivity index (χ0n) is 21.7. The third-order valence-electron chi connectivity index (χ3n) is 6.74. The topological polar surface area (TPSA) is 76.0 Å². The number of anilines is 2. The second-order valence-electron chi connectivity index (χ2n) is 9.17. The van der Waals surface area contributed by atoms with Crippen molar-refractivity contribution < 1.29 is 19.1 Å². The van der Waals surface area contributed by atoms with Crippen LogP contribution in [0.5, 0.6) is 5.75 Å². The van der Waals surface area contributed by atoms with Crippen molar-refractivity contribution >= 4 is 46.6 Å². The number of nitrogens with zero attached hydrogens (tertiary/aromatic N) is 3. The summed E-state index contributed by atoms with van der Waals surface area (Å²) >= 11 is 5.35. The number of benzene rings is 2. The van der Waals surface area contributed by atoms with Crippen molar-refractivity contribution in [2.75, 3.05) is 42.7 Å². The first kappa shape index (κ1) is 25.7. The van der Waals surface area contributed by atoms with E-state index in [2.05, 4.69) is 39.0 Å². The molecule has 38 heavy (non-hydrogen) atoms. The largest absolute Gasteiger partial charge is 0.494 e. The van der Waals surface area contributed by atoms with Gasteiger partial charge in [-0.3, -0.25) is 19.8 Å². The van der Waals surface area contributed by atoms with Crippen molar-refractivity contribution in [1.82, 2.24) is 9.88 Å². The van der Waals surface area contributed by atoms with Crippen LogP contribution >= 0.6 is 12.2 Å². The van der Waals surface area contributed by atoms with E-state index < -0.39 is 11.8 Å². The average Bonchev–Trinajstić information content (AvgIpc) is 3.20. The van der Waals surface area contributed by atoms with E-state index in [1.165, 1.54) is 4.90 Å². The highest BCUT2D eigenvalue weighted by Gasteiger charge is 2.35. The molecule has 2 aliphatic heterocycles. The first-order valence-corrected chi connectivity index (χ1v) is 13.0. The van der Waals surface area contributed by atoms with Crippen LogP contribution in [0.4, 0.5) is 11.4 Å². The monoisotopic (exact) mass is 530 g/mol. The molecule has 9 heteroatoms. The maximum atomic E-state index is 13.5. The Balaban J connectivity index is 1.45. The first-order chi connectivity index (χ1) is 18.4. The molecule has 0 unspecified atom stereocenters. The fraction of sp³-hybridized carbons (Fsp3) is 0.276. The van der Waals surface area contributed by atoms with Crippen LogP contribution in [0.2, 0.25) is 0 Å². The lowest BCUT2D eigenvalue weighted by Crippen LogP contribution is -2.54. The van der Waals surface area contributed by atoms with Gasteiger partial charge in [-0.2, -0.15) is 0 Å². The van der Waals surface area contributed by atoms with Crippen molar-refractivity contribution in [1.29, 1.82) is 0 Å². The molecule has 8 nitrogen and oxygen atoms in total. The summed E-state index contributed by atoms with van der Waals surface area (Å²) in [5.41, 5.74) is 5.43. The van der Waals surface area contributed by atoms with Crippen LogP contribution in [0, 0.1) is 13.8 Å². The number of morpholine rings is 1. The van der Waals surface area contributed by atoms with Gasteiger partial charge in [0, 0.05) is 41.9 Å². The smallest absolute Gasteiger partial charge is 0.270 e. The SMILES string of the molecule is CCOc1cccc(N2C(=O)/C(=C/c3cc(C)n(-c4ccc(N5CCOCC5)cc4)c3C)C(=O)NC2=S)c1. The molecule has 0 radical (unpaired) electrons.